The van der Waals surface area contributed by atoms with Gasteiger partial charge in [0.1, 0.15) is 0 Å². The Balaban J connectivity index is 2.38. The van der Waals surface area contributed by atoms with Gasteiger partial charge in [-0.25, -0.2) is 0 Å². The van der Waals surface area contributed by atoms with Gasteiger partial charge in [0.2, 0.25) is 0 Å². The number of nitrogens with one attached hydrogen (secondary N) is 1. The molecule has 2 N–H and O–H groups in total. The molecule has 0 aromatic heterocycles. The predicted octanol–water partition coefficient (Wildman–Crippen LogP) is 2.25. The highest BCUT2D eigenvalue weighted by atomic mass is 32.2. The van der Waals surface area contributed by atoms with Gasteiger partial charge in [-0.2, -0.15) is 0 Å². The van der Waals surface area contributed by atoms with Crippen LogP contribution in [0.2, 0.25) is 0 Å². The third kappa shape index (κ3) is 4.91. The van der Waals surface area contributed by atoms with Crippen molar-refractivity contribution in [3.63, 3.8) is 0 Å². The number of thioether (sulfide) groups is 1. The molecular formula is C14H19NO2S. The summed E-state index contributed by atoms with van der Waals surface area (Å²) < 4.78 is 5.33. The molecule has 0 aliphatic heterocycles. The Hall–Kier alpha value is -1.31. The second-order valence-corrected chi connectivity index (χ2v) is 4.74. The van der Waals surface area contributed by atoms with Crippen LogP contribution in [0.15, 0.2) is 18.2 Å². The molecule has 0 saturated carbocycles. The SMILES string of the molecule is C#CCSCCNCc1cccc(OCC)c1O. The number of hydrogen-bond donors (Lipinski definition) is 2. The first-order chi connectivity index (χ1) is 8.79. The Morgan fingerprint density at radius 1 is 1.50 bits per heavy atom. The number of aromatic hydroxyl groups is 1. The highest BCUT2D eigenvalue weighted by Gasteiger charge is 2.06. The van der Waals surface area contributed by atoms with Gasteiger partial charge in [-0.3, -0.25) is 0 Å². The molecule has 98 valence electrons. The van der Waals surface area contributed by atoms with Crippen molar-refractivity contribution in [1.29, 1.82) is 0 Å². The zero-order valence-corrected chi connectivity index (χ0v) is 11.4. The van der Waals surface area contributed by atoms with E-state index >= 15 is 0 Å². The molecule has 0 amide bonds. The van der Waals surface area contributed by atoms with Crippen molar-refractivity contribution < 1.29 is 9.84 Å². The Morgan fingerprint density at radius 3 is 3.06 bits per heavy atom. The van der Waals surface area contributed by atoms with Crippen molar-refractivity contribution >= 4 is 11.8 Å². The number of phenols is 1. The molecule has 1 aromatic rings. The van der Waals surface area contributed by atoms with E-state index in [9.17, 15) is 5.11 Å². The molecule has 0 radical (unpaired) electrons. The monoisotopic (exact) mass is 265 g/mol. The molecule has 1 aromatic carbocycles. The van der Waals surface area contributed by atoms with Crippen LogP contribution in [0.5, 0.6) is 11.5 Å². The van der Waals surface area contributed by atoms with E-state index in [-0.39, 0.29) is 5.75 Å². The molecule has 0 unspecified atom stereocenters. The number of benzene rings is 1. The first-order valence-electron chi connectivity index (χ1n) is 5.95. The second-order valence-electron chi connectivity index (χ2n) is 3.63. The predicted molar refractivity (Wildman–Crippen MR) is 77.1 cm³/mol. The van der Waals surface area contributed by atoms with Crippen LogP contribution >= 0.6 is 11.8 Å². The first-order valence-corrected chi connectivity index (χ1v) is 7.10. The summed E-state index contributed by atoms with van der Waals surface area (Å²) in [4.78, 5) is 0. The minimum atomic E-state index is 0.225. The lowest BCUT2D eigenvalue weighted by Crippen LogP contribution is -2.16. The topological polar surface area (TPSA) is 41.5 Å². The van der Waals surface area contributed by atoms with Crippen LogP contribution in [0.25, 0.3) is 0 Å². The van der Waals surface area contributed by atoms with Gasteiger partial charge in [0.05, 0.1) is 12.4 Å². The average Bonchev–Trinajstić information content (AvgIpc) is 2.38. The third-order valence-electron chi connectivity index (χ3n) is 2.31. The average molecular weight is 265 g/mol. The molecule has 1 rings (SSSR count). The molecule has 0 fully saturated rings. The number of phenolic OH excluding ortho intramolecular Hbond substituents is 1. The Morgan fingerprint density at radius 2 is 2.33 bits per heavy atom. The molecule has 0 aliphatic carbocycles. The Bertz CT molecular complexity index is 401. The lowest BCUT2D eigenvalue weighted by molar-refractivity contribution is 0.316. The van der Waals surface area contributed by atoms with Crippen LogP contribution < -0.4 is 10.1 Å². The van der Waals surface area contributed by atoms with Gasteiger partial charge in [0.15, 0.2) is 11.5 Å². The highest BCUT2D eigenvalue weighted by molar-refractivity contribution is 7.99. The van der Waals surface area contributed by atoms with Crippen molar-refractivity contribution in [3.05, 3.63) is 23.8 Å². The Kier molecular flexibility index (Phi) is 7.16. The molecular weight excluding hydrogens is 246 g/mol. The summed E-state index contributed by atoms with van der Waals surface area (Å²) in [6.45, 7) is 3.94. The van der Waals surface area contributed by atoms with E-state index in [0.29, 0.717) is 18.9 Å². The summed E-state index contributed by atoms with van der Waals surface area (Å²) in [6, 6.07) is 5.54. The minimum absolute atomic E-state index is 0.225. The lowest BCUT2D eigenvalue weighted by atomic mass is 10.2. The van der Waals surface area contributed by atoms with Crippen molar-refractivity contribution in [2.45, 2.75) is 13.5 Å². The summed E-state index contributed by atoms with van der Waals surface area (Å²) in [7, 11) is 0. The highest BCUT2D eigenvalue weighted by Crippen LogP contribution is 2.29. The van der Waals surface area contributed by atoms with Gasteiger partial charge in [0.25, 0.3) is 0 Å². The van der Waals surface area contributed by atoms with Crippen molar-refractivity contribution in [1.82, 2.24) is 5.32 Å². The summed E-state index contributed by atoms with van der Waals surface area (Å²) in [6.07, 6.45) is 5.16. The smallest absolute Gasteiger partial charge is 0.162 e. The normalized spacial score (nSPS) is 10.0. The fraction of sp³-hybridized carbons (Fsp3) is 0.429. The second kappa shape index (κ2) is 8.73. The molecule has 3 nitrogen and oxygen atoms in total. The van der Waals surface area contributed by atoms with Crippen molar-refractivity contribution in [3.8, 4) is 23.8 Å². The van der Waals surface area contributed by atoms with E-state index in [2.05, 4.69) is 11.2 Å². The lowest BCUT2D eigenvalue weighted by Gasteiger charge is -2.10. The van der Waals surface area contributed by atoms with Crippen LogP contribution in [0.4, 0.5) is 0 Å². The van der Waals surface area contributed by atoms with E-state index in [1.165, 1.54) is 0 Å². The zero-order valence-electron chi connectivity index (χ0n) is 10.6. The summed E-state index contributed by atoms with van der Waals surface area (Å²) in [5, 5.41) is 13.2. The van der Waals surface area contributed by atoms with Gasteiger partial charge in [-0.05, 0) is 13.0 Å². The first kappa shape index (κ1) is 14.7. The van der Waals surface area contributed by atoms with Gasteiger partial charge in [-0.15, -0.1) is 18.2 Å². The molecule has 0 spiro atoms. The van der Waals surface area contributed by atoms with E-state index in [0.717, 1.165) is 23.6 Å². The standard InChI is InChI=1S/C14H19NO2S/c1-3-9-18-10-8-15-11-12-6-5-7-13(14(12)16)17-4-2/h1,5-7,15-16H,4,8-11H2,2H3. The summed E-state index contributed by atoms with van der Waals surface area (Å²) in [5.41, 5.74) is 0.850. The molecule has 0 aliphatic rings. The summed E-state index contributed by atoms with van der Waals surface area (Å²) >= 11 is 1.72. The molecule has 4 heteroatoms. The van der Waals surface area contributed by atoms with Gasteiger partial charge in [-0.1, -0.05) is 18.1 Å². The van der Waals surface area contributed by atoms with Crippen LogP contribution in [0, 0.1) is 12.3 Å². The maximum Gasteiger partial charge on any atom is 0.162 e. The van der Waals surface area contributed by atoms with Gasteiger partial charge in [0, 0.05) is 24.4 Å². The maximum absolute atomic E-state index is 9.96. The third-order valence-corrected chi connectivity index (χ3v) is 3.17. The molecule has 0 saturated heterocycles. The number of terminal acetylenes is 1. The minimum Gasteiger partial charge on any atom is -0.504 e. The maximum atomic E-state index is 9.96. The summed E-state index contributed by atoms with van der Waals surface area (Å²) in [5.74, 6) is 5.06. The molecule has 18 heavy (non-hydrogen) atoms. The fourth-order valence-corrected chi connectivity index (χ4v) is 2.03. The number of hydrogen-bond acceptors (Lipinski definition) is 4. The van der Waals surface area contributed by atoms with E-state index in [4.69, 9.17) is 11.2 Å². The largest absolute Gasteiger partial charge is 0.504 e. The van der Waals surface area contributed by atoms with Crippen LogP contribution in [-0.2, 0) is 6.54 Å². The number of para-hydroxylation sites is 1. The Labute approximate surface area is 113 Å². The van der Waals surface area contributed by atoms with Crippen molar-refractivity contribution in [2.75, 3.05) is 24.7 Å². The molecule has 0 bridgehead atoms. The quantitative estimate of drug-likeness (QED) is 0.559. The van der Waals surface area contributed by atoms with Gasteiger partial charge < -0.3 is 15.2 Å². The van der Waals surface area contributed by atoms with Crippen LogP contribution in [0.1, 0.15) is 12.5 Å². The van der Waals surface area contributed by atoms with Crippen LogP contribution in [-0.4, -0.2) is 29.8 Å². The van der Waals surface area contributed by atoms with E-state index < -0.39 is 0 Å². The zero-order chi connectivity index (χ0) is 13.2. The van der Waals surface area contributed by atoms with E-state index in [1.807, 2.05) is 19.1 Å². The van der Waals surface area contributed by atoms with E-state index in [1.54, 1.807) is 17.8 Å². The van der Waals surface area contributed by atoms with Crippen molar-refractivity contribution in [2.24, 2.45) is 0 Å². The van der Waals surface area contributed by atoms with Crippen LogP contribution in [0.3, 0.4) is 0 Å². The number of rotatable bonds is 8. The fourth-order valence-electron chi connectivity index (χ4n) is 1.48. The molecule has 0 atom stereocenters. The van der Waals surface area contributed by atoms with Gasteiger partial charge >= 0.3 is 0 Å². The number of ether oxygens (including phenoxy) is 1. The molecule has 0 heterocycles.